The van der Waals surface area contributed by atoms with Gasteiger partial charge in [-0.15, -0.1) is 10.2 Å². The van der Waals surface area contributed by atoms with Crippen LogP contribution in [0.4, 0.5) is 11.4 Å². The minimum atomic E-state index is -1.40. The van der Waals surface area contributed by atoms with E-state index in [1.165, 1.54) is 11.8 Å². The number of carbonyl (C=O) groups is 1. The molecule has 134 valence electrons. The second kappa shape index (κ2) is 5.68. The highest BCUT2D eigenvalue weighted by Gasteiger charge is 2.54. The van der Waals surface area contributed by atoms with Crippen LogP contribution in [0.3, 0.4) is 0 Å². The predicted octanol–water partition coefficient (Wildman–Crippen LogP) is 2.89. The minimum Gasteiger partial charge on any atom is -0.435 e. The van der Waals surface area contributed by atoms with Crippen molar-refractivity contribution in [3.8, 4) is 17.1 Å². The molecule has 0 bridgehead atoms. The molecule has 0 saturated heterocycles. The van der Waals surface area contributed by atoms with Crippen molar-refractivity contribution in [1.82, 2.24) is 15.2 Å². The number of likely N-dealkylation sites (N-methyl/N-ethyl adjacent to an activating group) is 1. The smallest absolute Gasteiger partial charge is 0.297 e. The molecule has 5 rings (SSSR count). The van der Waals surface area contributed by atoms with Gasteiger partial charge in [-0.1, -0.05) is 48.2 Å². The van der Waals surface area contributed by atoms with Crippen molar-refractivity contribution in [3.05, 3.63) is 54.1 Å². The Balaban J connectivity index is 1.81. The van der Waals surface area contributed by atoms with E-state index in [1.807, 2.05) is 54.8 Å². The second-order valence-corrected chi connectivity index (χ2v) is 7.06. The molecule has 27 heavy (non-hydrogen) atoms. The van der Waals surface area contributed by atoms with Gasteiger partial charge in [-0.3, -0.25) is 4.79 Å². The molecule has 2 aromatic carbocycles. The number of thioether (sulfide) groups is 1. The molecule has 0 aliphatic carbocycles. The van der Waals surface area contributed by atoms with Crippen LogP contribution in [0.1, 0.15) is 5.56 Å². The van der Waals surface area contributed by atoms with Crippen molar-refractivity contribution in [3.63, 3.8) is 0 Å². The largest absolute Gasteiger partial charge is 0.435 e. The molecule has 3 aromatic rings. The summed E-state index contributed by atoms with van der Waals surface area (Å²) in [6, 6.07) is 15.2. The number of hydrogen-bond donors (Lipinski definition) is 1. The Morgan fingerprint density at radius 1 is 1.11 bits per heavy atom. The molecule has 0 radical (unpaired) electrons. The number of nitrogens with zero attached hydrogens (tertiary/aromatic N) is 4. The number of amides is 1. The van der Waals surface area contributed by atoms with Crippen LogP contribution in [0, 0.1) is 0 Å². The number of rotatable bonds is 1. The van der Waals surface area contributed by atoms with Crippen molar-refractivity contribution >= 4 is 29.0 Å². The summed E-state index contributed by atoms with van der Waals surface area (Å²) in [6.07, 6.45) is 1.87. The third kappa shape index (κ3) is 2.16. The van der Waals surface area contributed by atoms with Crippen LogP contribution in [-0.2, 0) is 10.5 Å². The van der Waals surface area contributed by atoms with E-state index in [9.17, 15) is 4.79 Å². The number of hydrogen-bond acceptors (Lipinski definition) is 7. The molecule has 2 aliphatic rings. The Hall–Kier alpha value is -3.13. The lowest BCUT2D eigenvalue weighted by Gasteiger charge is -2.29. The lowest BCUT2D eigenvalue weighted by atomic mass is 10.0. The molecule has 1 spiro atoms. The third-order valence-electron chi connectivity index (χ3n) is 4.81. The Kier molecular flexibility index (Phi) is 3.38. The Labute approximate surface area is 159 Å². The van der Waals surface area contributed by atoms with E-state index in [0.29, 0.717) is 10.9 Å². The molecule has 8 heteroatoms. The fourth-order valence-corrected chi connectivity index (χ4v) is 3.82. The summed E-state index contributed by atoms with van der Waals surface area (Å²) in [5, 5.41) is 12.3. The first-order valence-electron chi connectivity index (χ1n) is 8.37. The number of fused-ring (bicyclic) bond motifs is 5. The van der Waals surface area contributed by atoms with Crippen LogP contribution in [0.25, 0.3) is 11.3 Å². The fourth-order valence-electron chi connectivity index (χ4n) is 3.53. The first-order valence-corrected chi connectivity index (χ1v) is 9.59. The van der Waals surface area contributed by atoms with Gasteiger partial charge in [0.15, 0.2) is 5.69 Å². The molecule has 1 aromatic heterocycles. The molecular weight excluding hydrogens is 362 g/mol. The predicted molar refractivity (Wildman–Crippen MR) is 103 cm³/mol. The normalized spacial score (nSPS) is 19.6. The van der Waals surface area contributed by atoms with Gasteiger partial charge in [-0.05, 0) is 18.4 Å². The summed E-state index contributed by atoms with van der Waals surface area (Å²) in [6.45, 7) is 0. The van der Waals surface area contributed by atoms with Gasteiger partial charge in [0.05, 0.1) is 11.3 Å². The third-order valence-corrected chi connectivity index (χ3v) is 5.35. The fraction of sp³-hybridized carbons (Fsp3) is 0.158. The number of nitrogens with one attached hydrogen (secondary N) is 1. The zero-order valence-electron chi connectivity index (χ0n) is 14.6. The highest BCUT2D eigenvalue weighted by molar-refractivity contribution is 7.98. The van der Waals surface area contributed by atoms with Gasteiger partial charge in [-0.2, -0.15) is 4.98 Å². The SMILES string of the molecule is CSc1nnc2c(n1)O[C@@]1(Nc3ccccc3-2)C(=O)N(C)c2ccccc21. The number of aromatic nitrogens is 3. The minimum absolute atomic E-state index is 0.212. The average Bonchev–Trinajstić information content (AvgIpc) is 2.84. The summed E-state index contributed by atoms with van der Waals surface area (Å²) >= 11 is 1.37. The molecule has 2 aliphatic heterocycles. The standard InChI is InChI=1S/C19H15N5O2S/c1-24-14-10-6-4-8-12(14)19(17(24)25)21-13-9-5-3-7-11(13)15-16(26-19)20-18(27-2)23-22-15/h3-10,21H,1-2H3/t19-/m1/s1. The average molecular weight is 377 g/mol. The Morgan fingerprint density at radius 2 is 1.89 bits per heavy atom. The van der Waals surface area contributed by atoms with Crippen LogP contribution in [-0.4, -0.2) is 34.4 Å². The summed E-state index contributed by atoms with van der Waals surface area (Å²) in [5.41, 5.74) is 2.16. The second-order valence-electron chi connectivity index (χ2n) is 6.29. The maximum Gasteiger partial charge on any atom is 0.297 e. The van der Waals surface area contributed by atoms with E-state index < -0.39 is 5.72 Å². The maximum absolute atomic E-state index is 13.3. The van der Waals surface area contributed by atoms with Gasteiger partial charge in [0.25, 0.3) is 11.6 Å². The zero-order chi connectivity index (χ0) is 18.6. The van der Waals surface area contributed by atoms with Crippen LogP contribution in [0.5, 0.6) is 5.88 Å². The van der Waals surface area contributed by atoms with Gasteiger partial charge >= 0.3 is 0 Å². The number of para-hydroxylation sites is 2. The summed E-state index contributed by atoms with van der Waals surface area (Å²) in [4.78, 5) is 19.4. The number of anilines is 2. The van der Waals surface area contributed by atoms with Gasteiger partial charge in [0.1, 0.15) is 0 Å². The quantitative estimate of drug-likeness (QED) is 0.653. The molecule has 3 heterocycles. The molecule has 0 fully saturated rings. The van der Waals surface area contributed by atoms with Gasteiger partial charge in [-0.25, -0.2) is 0 Å². The molecule has 7 nitrogen and oxygen atoms in total. The van der Waals surface area contributed by atoms with Crippen LogP contribution in [0.2, 0.25) is 0 Å². The summed E-state index contributed by atoms with van der Waals surface area (Å²) in [7, 11) is 1.74. The van der Waals surface area contributed by atoms with E-state index in [-0.39, 0.29) is 11.8 Å². The van der Waals surface area contributed by atoms with Gasteiger partial charge in [0, 0.05) is 18.3 Å². The van der Waals surface area contributed by atoms with E-state index >= 15 is 0 Å². The van der Waals surface area contributed by atoms with Gasteiger partial charge < -0.3 is 15.0 Å². The van der Waals surface area contributed by atoms with Crippen LogP contribution < -0.4 is 15.0 Å². The van der Waals surface area contributed by atoms with Crippen molar-refractivity contribution in [2.45, 2.75) is 10.9 Å². The van der Waals surface area contributed by atoms with Gasteiger partial charge in [0.2, 0.25) is 11.0 Å². The summed E-state index contributed by atoms with van der Waals surface area (Å²) in [5.74, 6) is 0.0703. The molecule has 1 amide bonds. The van der Waals surface area contributed by atoms with E-state index in [1.54, 1.807) is 11.9 Å². The molecule has 1 atom stereocenters. The monoisotopic (exact) mass is 377 g/mol. The lowest BCUT2D eigenvalue weighted by molar-refractivity contribution is -0.130. The number of benzene rings is 2. The zero-order valence-corrected chi connectivity index (χ0v) is 15.4. The first-order chi connectivity index (χ1) is 13.1. The first kappa shape index (κ1) is 16.1. The molecular formula is C19H15N5O2S. The van der Waals surface area contributed by atoms with Crippen LogP contribution >= 0.6 is 11.8 Å². The molecule has 0 unspecified atom stereocenters. The Bertz CT molecular complexity index is 1090. The van der Waals surface area contributed by atoms with E-state index in [0.717, 1.165) is 22.5 Å². The number of carbonyl (C=O) groups excluding carboxylic acids is 1. The van der Waals surface area contributed by atoms with Crippen molar-refractivity contribution in [1.29, 1.82) is 0 Å². The highest BCUT2D eigenvalue weighted by Crippen LogP contribution is 2.47. The van der Waals surface area contributed by atoms with Crippen molar-refractivity contribution in [2.75, 3.05) is 23.5 Å². The Morgan fingerprint density at radius 3 is 2.74 bits per heavy atom. The summed E-state index contributed by atoms with van der Waals surface area (Å²) < 4.78 is 6.31. The van der Waals surface area contributed by atoms with Crippen LogP contribution in [0.15, 0.2) is 53.7 Å². The molecule has 1 N–H and O–H groups in total. The molecule has 0 saturated carbocycles. The van der Waals surface area contributed by atoms with Crippen molar-refractivity contribution in [2.24, 2.45) is 0 Å². The lowest BCUT2D eigenvalue weighted by Crippen LogP contribution is -2.49. The van der Waals surface area contributed by atoms with E-state index in [4.69, 9.17) is 4.74 Å². The highest BCUT2D eigenvalue weighted by atomic mass is 32.2. The maximum atomic E-state index is 13.3. The topological polar surface area (TPSA) is 80.2 Å². The van der Waals surface area contributed by atoms with Crippen molar-refractivity contribution < 1.29 is 9.53 Å². The van der Waals surface area contributed by atoms with E-state index in [2.05, 4.69) is 20.5 Å². The number of ether oxygens (including phenoxy) is 1.